The van der Waals surface area contributed by atoms with Crippen molar-refractivity contribution in [2.24, 2.45) is 0 Å². The van der Waals surface area contributed by atoms with Crippen molar-refractivity contribution in [3.05, 3.63) is 0 Å². The van der Waals surface area contributed by atoms with Gasteiger partial charge in [-0.2, -0.15) is 0 Å². The van der Waals surface area contributed by atoms with E-state index < -0.39 is 36.8 Å². The van der Waals surface area contributed by atoms with Gasteiger partial charge in [0.1, 0.15) is 0 Å². The van der Waals surface area contributed by atoms with E-state index >= 15 is 0 Å². The molecule has 2 heteroatoms. The molecule has 0 aliphatic rings. The van der Waals surface area contributed by atoms with Gasteiger partial charge in [-0.05, 0) is 0 Å². The maximum atomic E-state index is 2.55. The van der Waals surface area contributed by atoms with Crippen LogP contribution in [-0.2, 0) is 0 Å². The Hall–Kier alpha value is 1.60. The molecule has 0 atom stereocenters. The van der Waals surface area contributed by atoms with Crippen molar-refractivity contribution in [2.75, 3.05) is 0 Å². The van der Waals surface area contributed by atoms with E-state index in [-0.39, 0.29) is 0 Å². The molecule has 0 rings (SSSR count). The first-order valence-electron chi connectivity index (χ1n) is 5.71. The molecule has 0 radical (unpaired) electrons. The Kier molecular flexibility index (Phi) is 7.01. The normalized spacial score (nSPS) is 13.4. The third-order valence-electron chi connectivity index (χ3n) is 2.35. The molecule has 13 heavy (non-hydrogen) atoms. The van der Waals surface area contributed by atoms with Crippen molar-refractivity contribution < 1.29 is 0 Å². The topological polar surface area (TPSA) is 0 Å². The fraction of sp³-hybridized carbons (Fsp3) is 1.00. The summed E-state index contributed by atoms with van der Waals surface area (Å²) in [6, 6.07) is 0. The molecule has 0 nitrogen and oxygen atoms in total. The van der Waals surface area contributed by atoms with E-state index in [1.165, 1.54) is 19.3 Å². The SMILES string of the molecule is [CH3][Sn]([CH3])([CH3])[CH2]CCC[CH2][Sn]([CH3])([CH3])[CH3]. The van der Waals surface area contributed by atoms with Gasteiger partial charge in [-0.15, -0.1) is 0 Å². The monoisotopic (exact) mass is 400 g/mol. The molecule has 0 aromatic rings. The second-order valence-corrected chi connectivity index (χ2v) is 38.8. The molecule has 0 aromatic heterocycles. The minimum absolute atomic E-state index is 1.39. The minimum atomic E-state index is -1.39. The van der Waals surface area contributed by atoms with Gasteiger partial charge in [-0.3, -0.25) is 0 Å². The average Bonchev–Trinajstić information content (AvgIpc) is 1.81. The Morgan fingerprint density at radius 3 is 1.08 bits per heavy atom. The van der Waals surface area contributed by atoms with Gasteiger partial charge in [0.2, 0.25) is 0 Å². The van der Waals surface area contributed by atoms with Crippen LogP contribution in [0.25, 0.3) is 0 Å². The zero-order valence-electron chi connectivity index (χ0n) is 10.5. The van der Waals surface area contributed by atoms with Crippen LogP contribution >= 0.6 is 0 Å². The second-order valence-electron chi connectivity index (χ2n) is 6.68. The van der Waals surface area contributed by atoms with E-state index in [9.17, 15) is 0 Å². The van der Waals surface area contributed by atoms with Crippen LogP contribution in [-0.4, -0.2) is 36.8 Å². The van der Waals surface area contributed by atoms with Crippen molar-refractivity contribution in [3.8, 4) is 0 Å². The Labute approximate surface area is 93.6 Å². The van der Waals surface area contributed by atoms with Gasteiger partial charge in [0.25, 0.3) is 0 Å². The summed E-state index contributed by atoms with van der Waals surface area (Å²) in [6.07, 6.45) is 4.57. The summed E-state index contributed by atoms with van der Waals surface area (Å²) in [6.45, 7) is 0. The van der Waals surface area contributed by atoms with Crippen LogP contribution in [0.3, 0.4) is 0 Å². The number of hydrogen-bond donors (Lipinski definition) is 0. The van der Waals surface area contributed by atoms with Gasteiger partial charge >= 0.3 is 94.5 Å². The van der Waals surface area contributed by atoms with Crippen molar-refractivity contribution in [3.63, 3.8) is 0 Å². The van der Waals surface area contributed by atoms with Crippen LogP contribution in [0.4, 0.5) is 0 Å². The van der Waals surface area contributed by atoms with E-state index in [0.29, 0.717) is 0 Å². The molecule has 0 heterocycles. The van der Waals surface area contributed by atoms with E-state index in [1.54, 1.807) is 8.87 Å². The zero-order chi connectivity index (χ0) is 10.5. The third-order valence-corrected chi connectivity index (χ3v) is 12.9. The summed E-state index contributed by atoms with van der Waals surface area (Å²) < 4.78 is 3.21. The fourth-order valence-electron chi connectivity index (χ4n) is 1.49. The molecule has 80 valence electrons. The first-order valence-corrected chi connectivity index (χ1v) is 26.9. The van der Waals surface area contributed by atoms with Gasteiger partial charge in [0.05, 0.1) is 0 Å². The van der Waals surface area contributed by atoms with Crippen LogP contribution in [0.5, 0.6) is 0 Å². The molecular weight excluding hydrogens is 370 g/mol. The predicted molar refractivity (Wildman–Crippen MR) is 70.2 cm³/mol. The second kappa shape index (κ2) is 6.24. The van der Waals surface area contributed by atoms with Crippen LogP contribution < -0.4 is 0 Å². The maximum absolute atomic E-state index is 2.55. The number of rotatable bonds is 6. The van der Waals surface area contributed by atoms with Gasteiger partial charge < -0.3 is 0 Å². The van der Waals surface area contributed by atoms with Gasteiger partial charge in [0.15, 0.2) is 0 Å². The summed E-state index contributed by atoms with van der Waals surface area (Å²) in [5, 5.41) is 0. The molecule has 0 saturated heterocycles. The molecular formula is C11H28Sn2. The summed E-state index contributed by atoms with van der Waals surface area (Å²) in [7, 11) is 0. The molecule has 0 fully saturated rings. The first-order chi connectivity index (χ1) is 5.71. The molecule has 0 aliphatic heterocycles. The summed E-state index contributed by atoms with van der Waals surface area (Å²) in [5.74, 6) is 0. The Morgan fingerprint density at radius 2 is 0.846 bits per heavy atom. The summed E-state index contributed by atoms with van der Waals surface area (Å²) in [5.41, 5.74) is 0. The van der Waals surface area contributed by atoms with Crippen molar-refractivity contribution in [1.82, 2.24) is 0 Å². The average molecular weight is 398 g/mol. The van der Waals surface area contributed by atoms with Gasteiger partial charge in [-0.1, -0.05) is 0 Å². The standard InChI is InChI=1S/C5H10.6CH3.2Sn/c1-3-5-4-2;;;;;;;;/h1-5H2;6*1H3;;. The Balaban J connectivity index is 3.28. The van der Waals surface area contributed by atoms with Crippen LogP contribution in [0, 0.1) is 0 Å². The molecule has 0 N–H and O–H groups in total. The quantitative estimate of drug-likeness (QED) is 0.445. The third kappa shape index (κ3) is 13.6. The molecule has 0 aromatic carbocycles. The van der Waals surface area contributed by atoms with Crippen LogP contribution in [0.15, 0.2) is 0 Å². The molecule has 0 amide bonds. The molecule has 0 spiro atoms. The predicted octanol–water partition coefficient (Wildman–Crippen LogP) is 4.83. The number of hydrogen-bond acceptors (Lipinski definition) is 0. The van der Waals surface area contributed by atoms with Gasteiger partial charge in [0, 0.05) is 0 Å². The molecule has 0 aliphatic carbocycles. The summed E-state index contributed by atoms with van der Waals surface area (Å²) >= 11 is -2.79. The molecule has 0 saturated carbocycles. The Morgan fingerprint density at radius 1 is 0.538 bits per heavy atom. The number of unbranched alkanes of at least 4 members (excludes halogenated alkanes) is 2. The fourth-order valence-corrected chi connectivity index (χ4v) is 8.97. The van der Waals surface area contributed by atoms with Crippen molar-refractivity contribution in [1.29, 1.82) is 0 Å². The molecule has 0 unspecified atom stereocenters. The summed E-state index contributed by atoms with van der Waals surface area (Å²) in [4.78, 5) is 15.3. The van der Waals surface area contributed by atoms with E-state index in [0.717, 1.165) is 0 Å². The van der Waals surface area contributed by atoms with Crippen molar-refractivity contribution in [2.45, 2.75) is 57.8 Å². The van der Waals surface area contributed by atoms with E-state index in [1.807, 2.05) is 0 Å². The first kappa shape index (κ1) is 14.6. The molecule has 0 bridgehead atoms. The van der Waals surface area contributed by atoms with Gasteiger partial charge in [-0.25, -0.2) is 0 Å². The van der Waals surface area contributed by atoms with Crippen LogP contribution in [0.2, 0.25) is 38.5 Å². The van der Waals surface area contributed by atoms with E-state index in [2.05, 4.69) is 29.6 Å². The zero-order valence-corrected chi connectivity index (χ0v) is 16.2. The van der Waals surface area contributed by atoms with Crippen LogP contribution in [0.1, 0.15) is 19.3 Å². The van der Waals surface area contributed by atoms with Crippen molar-refractivity contribution >= 4 is 36.8 Å². The Bertz CT molecular complexity index is 112. The van der Waals surface area contributed by atoms with E-state index in [4.69, 9.17) is 0 Å².